The van der Waals surface area contributed by atoms with Gasteiger partial charge in [-0.3, -0.25) is 9.69 Å². The Morgan fingerprint density at radius 3 is 2.32 bits per heavy atom. The molecule has 2 aliphatic rings. The Morgan fingerprint density at radius 2 is 1.73 bits per heavy atom. The Bertz CT molecular complexity index is 1010. The number of amides is 1. The summed E-state index contributed by atoms with van der Waals surface area (Å²) in [5.74, 6) is 0.579. The molecule has 1 aliphatic heterocycles. The standard InChI is InChI=1S/C27H46N4O5S/c1-20-15-25(35-7)16-21(2)27(20)37(33,34)29(5)13-14-36-19-26(32)30(6)22-9-8-10-23(17-22)31-12-11-24(18-31)28(3)4/h15-16,22-24H,8-14,17-19H2,1-7H3. The third-order valence-electron chi connectivity index (χ3n) is 8.12. The van der Waals surface area contributed by atoms with Crippen molar-refractivity contribution in [1.29, 1.82) is 0 Å². The number of methoxy groups -OCH3 is 1. The fourth-order valence-corrected chi connectivity index (χ4v) is 7.27. The monoisotopic (exact) mass is 538 g/mol. The van der Waals surface area contributed by atoms with Crippen molar-refractivity contribution in [2.45, 2.75) is 69.0 Å². The lowest BCUT2D eigenvalue weighted by Crippen LogP contribution is -2.47. The number of likely N-dealkylation sites (N-methyl/N-ethyl adjacent to an activating group) is 3. The average molecular weight is 539 g/mol. The molecule has 0 aromatic heterocycles. The van der Waals surface area contributed by atoms with Crippen LogP contribution in [-0.4, -0.2) is 120 Å². The van der Waals surface area contributed by atoms with Gasteiger partial charge in [0.15, 0.2) is 0 Å². The molecule has 0 bridgehead atoms. The summed E-state index contributed by atoms with van der Waals surface area (Å²) in [5, 5.41) is 0. The van der Waals surface area contributed by atoms with Crippen molar-refractivity contribution in [2.24, 2.45) is 0 Å². The molecular formula is C27H46N4O5S. The highest BCUT2D eigenvalue weighted by Crippen LogP contribution is 2.30. The zero-order valence-corrected chi connectivity index (χ0v) is 24.5. The van der Waals surface area contributed by atoms with Crippen LogP contribution < -0.4 is 4.74 Å². The van der Waals surface area contributed by atoms with Gasteiger partial charge in [0, 0.05) is 51.9 Å². The van der Waals surface area contributed by atoms with Gasteiger partial charge >= 0.3 is 0 Å². The van der Waals surface area contributed by atoms with Gasteiger partial charge in [0.1, 0.15) is 12.4 Å². The number of rotatable bonds is 11. The first-order valence-corrected chi connectivity index (χ1v) is 14.7. The highest BCUT2D eigenvalue weighted by Gasteiger charge is 2.34. The number of likely N-dealkylation sites (tertiary alicyclic amines) is 1. The summed E-state index contributed by atoms with van der Waals surface area (Å²) in [5.41, 5.74) is 1.27. The summed E-state index contributed by atoms with van der Waals surface area (Å²) in [6.45, 7) is 6.04. The lowest BCUT2D eigenvalue weighted by atomic mass is 9.89. The van der Waals surface area contributed by atoms with E-state index in [1.165, 1.54) is 24.2 Å². The van der Waals surface area contributed by atoms with Gasteiger partial charge in [0.05, 0.1) is 18.6 Å². The number of nitrogens with zero attached hydrogens (tertiary/aromatic N) is 4. The SMILES string of the molecule is COc1cc(C)c(S(=O)(=O)N(C)CCOCC(=O)N(C)C2CCCC(N3CCC(N(C)C)C3)C2)c(C)c1. The molecule has 1 amide bonds. The van der Waals surface area contributed by atoms with Crippen LogP contribution in [0.4, 0.5) is 0 Å². The van der Waals surface area contributed by atoms with Crippen molar-refractivity contribution in [3.05, 3.63) is 23.3 Å². The number of ether oxygens (including phenoxy) is 2. The zero-order chi connectivity index (χ0) is 27.3. The van der Waals surface area contributed by atoms with E-state index in [4.69, 9.17) is 9.47 Å². The summed E-state index contributed by atoms with van der Waals surface area (Å²) in [6.07, 6.45) is 5.56. The maximum Gasteiger partial charge on any atom is 0.248 e. The second-order valence-electron chi connectivity index (χ2n) is 10.8. The van der Waals surface area contributed by atoms with Crippen LogP contribution in [0.3, 0.4) is 0 Å². The number of benzene rings is 1. The lowest BCUT2D eigenvalue weighted by molar-refractivity contribution is -0.137. The Labute approximate surface area is 223 Å². The van der Waals surface area contributed by atoms with E-state index in [9.17, 15) is 13.2 Å². The predicted octanol–water partition coefficient (Wildman–Crippen LogP) is 2.35. The molecule has 1 saturated carbocycles. The van der Waals surface area contributed by atoms with Gasteiger partial charge in [-0.25, -0.2) is 8.42 Å². The molecule has 37 heavy (non-hydrogen) atoms. The molecule has 3 rings (SSSR count). The number of aryl methyl sites for hydroxylation is 2. The molecular weight excluding hydrogens is 492 g/mol. The molecule has 0 radical (unpaired) electrons. The van der Waals surface area contributed by atoms with E-state index in [2.05, 4.69) is 23.9 Å². The Kier molecular flexibility index (Phi) is 10.4. The van der Waals surface area contributed by atoms with Crippen molar-refractivity contribution in [3.63, 3.8) is 0 Å². The molecule has 0 spiro atoms. The summed E-state index contributed by atoms with van der Waals surface area (Å²) < 4.78 is 38.5. The van der Waals surface area contributed by atoms with E-state index in [1.807, 2.05) is 11.9 Å². The van der Waals surface area contributed by atoms with Crippen LogP contribution in [0, 0.1) is 13.8 Å². The molecule has 1 saturated heterocycles. The van der Waals surface area contributed by atoms with Crippen LogP contribution in [0.25, 0.3) is 0 Å². The van der Waals surface area contributed by atoms with Crippen molar-refractivity contribution >= 4 is 15.9 Å². The number of sulfonamides is 1. The number of hydrogen-bond acceptors (Lipinski definition) is 7. The van der Waals surface area contributed by atoms with E-state index in [0.717, 1.165) is 32.4 Å². The van der Waals surface area contributed by atoms with E-state index in [-0.39, 0.29) is 36.6 Å². The fraction of sp³-hybridized carbons (Fsp3) is 0.741. The molecule has 210 valence electrons. The molecule has 1 aromatic carbocycles. The Morgan fingerprint density at radius 1 is 1.05 bits per heavy atom. The number of hydrogen-bond donors (Lipinski definition) is 0. The van der Waals surface area contributed by atoms with Crippen LogP contribution >= 0.6 is 0 Å². The van der Waals surface area contributed by atoms with Gasteiger partial charge < -0.3 is 19.3 Å². The third-order valence-corrected chi connectivity index (χ3v) is 10.3. The van der Waals surface area contributed by atoms with Crippen molar-refractivity contribution in [3.8, 4) is 5.75 Å². The van der Waals surface area contributed by atoms with Crippen LogP contribution in [0.2, 0.25) is 0 Å². The largest absolute Gasteiger partial charge is 0.497 e. The lowest BCUT2D eigenvalue weighted by Gasteiger charge is -2.39. The normalized spacial score (nSPS) is 23.1. The van der Waals surface area contributed by atoms with Crippen LogP contribution in [0.1, 0.15) is 43.2 Å². The minimum Gasteiger partial charge on any atom is -0.497 e. The van der Waals surface area contributed by atoms with Crippen molar-refractivity contribution < 1.29 is 22.7 Å². The first kappa shape index (κ1) is 29.8. The van der Waals surface area contributed by atoms with Crippen LogP contribution in [0.15, 0.2) is 17.0 Å². The third kappa shape index (κ3) is 7.23. The molecule has 0 N–H and O–H groups in total. The number of carbonyl (C=O) groups is 1. The maximum atomic E-state index is 13.2. The van der Waals surface area contributed by atoms with E-state index in [1.54, 1.807) is 33.1 Å². The minimum absolute atomic E-state index is 0.0431. The van der Waals surface area contributed by atoms with Gasteiger partial charge in [-0.05, 0) is 83.3 Å². The summed E-state index contributed by atoms with van der Waals surface area (Å²) in [7, 11) is 5.59. The fourth-order valence-electron chi connectivity index (χ4n) is 5.71. The second-order valence-corrected chi connectivity index (χ2v) is 12.8. The van der Waals surface area contributed by atoms with Gasteiger partial charge in [0.25, 0.3) is 0 Å². The first-order valence-electron chi connectivity index (χ1n) is 13.3. The van der Waals surface area contributed by atoms with Crippen LogP contribution in [0.5, 0.6) is 5.75 Å². The van der Waals surface area contributed by atoms with E-state index in [0.29, 0.717) is 29.0 Å². The van der Waals surface area contributed by atoms with Crippen molar-refractivity contribution in [2.75, 3.05) is 68.1 Å². The highest BCUT2D eigenvalue weighted by molar-refractivity contribution is 7.89. The maximum absolute atomic E-state index is 13.2. The Balaban J connectivity index is 1.46. The zero-order valence-electron chi connectivity index (χ0n) is 23.7. The summed E-state index contributed by atoms with van der Waals surface area (Å²) in [6, 6.07) is 4.81. The summed E-state index contributed by atoms with van der Waals surface area (Å²) in [4.78, 5) is 19.9. The van der Waals surface area contributed by atoms with Crippen molar-refractivity contribution in [1.82, 2.24) is 19.0 Å². The van der Waals surface area contributed by atoms with Gasteiger partial charge in [-0.1, -0.05) is 0 Å². The molecule has 1 aliphatic carbocycles. The second kappa shape index (κ2) is 12.9. The molecule has 10 heteroatoms. The first-order chi connectivity index (χ1) is 17.4. The topological polar surface area (TPSA) is 82.6 Å². The van der Waals surface area contributed by atoms with E-state index >= 15 is 0 Å². The molecule has 9 nitrogen and oxygen atoms in total. The van der Waals surface area contributed by atoms with Gasteiger partial charge in [-0.2, -0.15) is 4.31 Å². The smallest absolute Gasteiger partial charge is 0.248 e. The molecule has 3 unspecified atom stereocenters. The van der Waals surface area contributed by atoms with Gasteiger partial charge in [-0.15, -0.1) is 0 Å². The summed E-state index contributed by atoms with van der Waals surface area (Å²) >= 11 is 0. The molecule has 3 atom stereocenters. The highest BCUT2D eigenvalue weighted by atomic mass is 32.2. The minimum atomic E-state index is -3.69. The van der Waals surface area contributed by atoms with Gasteiger partial charge in [0.2, 0.25) is 15.9 Å². The Hall–Kier alpha value is -1.72. The number of carbonyl (C=O) groups excluding carboxylic acids is 1. The molecule has 1 heterocycles. The van der Waals surface area contributed by atoms with E-state index < -0.39 is 10.0 Å². The quantitative estimate of drug-likeness (QED) is 0.400. The predicted molar refractivity (Wildman–Crippen MR) is 146 cm³/mol. The molecule has 1 aromatic rings. The average Bonchev–Trinajstić information content (AvgIpc) is 3.36. The van der Waals surface area contributed by atoms with Crippen LogP contribution in [-0.2, 0) is 19.6 Å². The molecule has 2 fully saturated rings.